The summed E-state index contributed by atoms with van der Waals surface area (Å²) in [4.78, 5) is 2.40. The van der Waals surface area contributed by atoms with Gasteiger partial charge in [0.1, 0.15) is 18.0 Å². The molecule has 0 aromatic heterocycles. The minimum Gasteiger partial charge on any atom is -0.490 e. The van der Waals surface area contributed by atoms with Crippen LogP contribution in [-0.2, 0) is 4.74 Å². The molecule has 2 aliphatic rings. The number of nitrogens with zero attached hydrogens (tertiary/aromatic N) is 1. The minimum absolute atomic E-state index is 0.234. The Bertz CT molecular complexity index is 490. The van der Waals surface area contributed by atoms with Gasteiger partial charge in [-0.2, -0.15) is 0 Å². The standard InChI is InChI=1S/C18H26ClNO3/c19-15-6-8-17(9-7-15)23-14-18(21)12-20(10-11-22-13-18)16-4-2-1-3-5-16/h6-9,16,21H,1-5,10-14H2/t18-/m1/s1. The lowest BCUT2D eigenvalue weighted by Crippen LogP contribution is -2.51. The summed E-state index contributed by atoms with van der Waals surface area (Å²) in [6.07, 6.45) is 6.39. The lowest BCUT2D eigenvalue weighted by molar-refractivity contribution is -0.0681. The highest BCUT2D eigenvalue weighted by atomic mass is 35.5. The van der Waals surface area contributed by atoms with E-state index >= 15 is 0 Å². The first-order valence-corrected chi connectivity index (χ1v) is 8.95. The molecule has 0 unspecified atom stereocenters. The van der Waals surface area contributed by atoms with Crippen molar-refractivity contribution in [3.8, 4) is 5.75 Å². The van der Waals surface area contributed by atoms with Gasteiger partial charge in [-0.15, -0.1) is 0 Å². The van der Waals surface area contributed by atoms with Crippen molar-refractivity contribution in [3.63, 3.8) is 0 Å². The van der Waals surface area contributed by atoms with Gasteiger partial charge in [0, 0.05) is 24.2 Å². The van der Waals surface area contributed by atoms with E-state index in [1.54, 1.807) is 12.1 Å². The fourth-order valence-electron chi connectivity index (χ4n) is 3.54. The third kappa shape index (κ3) is 4.83. The van der Waals surface area contributed by atoms with Crippen LogP contribution in [0.2, 0.25) is 5.02 Å². The maximum Gasteiger partial charge on any atom is 0.134 e. The van der Waals surface area contributed by atoms with Crippen LogP contribution in [0, 0.1) is 0 Å². The maximum absolute atomic E-state index is 11.0. The van der Waals surface area contributed by atoms with Gasteiger partial charge in [-0.1, -0.05) is 30.9 Å². The van der Waals surface area contributed by atoms with Crippen molar-refractivity contribution in [2.45, 2.75) is 43.7 Å². The first-order chi connectivity index (χ1) is 11.1. The third-order valence-corrected chi connectivity index (χ3v) is 5.06. The van der Waals surface area contributed by atoms with Crippen LogP contribution in [0.1, 0.15) is 32.1 Å². The molecule has 1 aromatic carbocycles. The Balaban J connectivity index is 1.60. The van der Waals surface area contributed by atoms with Crippen LogP contribution in [0.3, 0.4) is 0 Å². The molecule has 1 atom stereocenters. The highest BCUT2D eigenvalue weighted by Gasteiger charge is 2.36. The van der Waals surface area contributed by atoms with E-state index in [-0.39, 0.29) is 6.61 Å². The van der Waals surface area contributed by atoms with E-state index in [4.69, 9.17) is 21.1 Å². The maximum atomic E-state index is 11.0. The molecule has 0 radical (unpaired) electrons. The number of ether oxygens (including phenoxy) is 2. The molecule has 2 fully saturated rings. The summed E-state index contributed by atoms with van der Waals surface area (Å²) in [5.74, 6) is 0.719. The van der Waals surface area contributed by atoms with E-state index in [0.29, 0.717) is 30.8 Å². The smallest absolute Gasteiger partial charge is 0.134 e. The zero-order valence-electron chi connectivity index (χ0n) is 13.5. The Morgan fingerprint density at radius 3 is 2.70 bits per heavy atom. The van der Waals surface area contributed by atoms with Crippen molar-refractivity contribution >= 4 is 11.6 Å². The van der Waals surface area contributed by atoms with Gasteiger partial charge in [0.2, 0.25) is 0 Å². The molecule has 1 N–H and O–H groups in total. The second kappa shape index (κ2) is 7.84. The summed E-state index contributed by atoms with van der Waals surface area (Å²) in [5, 5.41) is 11.6. The number of benzene rings is 1. The molecule has 0 spiro atoms. The summed E-state index contributed by atoms with van der Waals surface area (Å²) in [6.45, 7) is 2.75. The molecule has 1 aromatic rings. The Hall–Kier alpha value is -0.810. The number of rotatable bonds is 4. The van der Waals surface area contributed by atoms with E-state index in [9.17, 15) is 5.11 Å². The van der Waals surface area contributed by atoms with Crippen LogP contribution in [0.15, 0.2) is 24.3 Å². The van der Waals surface area contributed by atoms with E-state index in [1.807, 2.05) is 12.1 Å². The first-order valence-electron chi connectivity index (χ1n) is 8.57. The summed E-state index contributed by atoms with van der Waals surface area (Å²) in [6, 6.07) is 7.80. The Morgan fingerprint density at radius 1 is 1.22 bits per heavy atom. The van der Waals surface area contributed by atoms with E-state index in [2.05, 4.69) is 4.90 Å². The monoisotopic (exact) mass is 339 g/mol. The van der Waals surface area contributed by atoms with Gasteiger partial charge in [0.15, 0.2) is 0 Å². The van der Waals surface area contributed by atoms with Crippen LogP contribution in [0.5, 0.6) is 5.75 Å². The van der Waals surface area contributed by atoms with Crippen molar-refractivity contribution in [2.75, 3.05) is 32.9 Å². The second-order valence-electron chi connectivity index (χ2n) is 6.78. The van der Waals surface area contributed by atoms with E-state index < -0.39 is 5.60 Å². The molecule has 5 heteroatoms. The van der Waals surface area contributed by atoms with Gasteiger partial charge < -0.3 is 14.6 Å². The number of aliphatic hydroxyl groups is 1. The van der Waals surface area contributed by atoms with Crippen LogP contribution in [0.4, 0.5) is 0 Å². The molecule has 1 saturated heterocycles. The van der Waals surface area contributed by atoms with Crippen LogP contribution in [-0.4, -0.2) is 54.6 Å². The average molecular weight is 340 g/mol. The largest absolute Gasteiger partial charge is 0.490 e. The van der Waals surface area contributed by atoms with E-state index in [0.717, 1.165) is 12.3 Å². The molecule has 4 nitrogen and oxygen atoms in total. The number of hydrogen-bond donors (Lipinski definition) is 1. The zero-order chi connectivity index (χ0) is 16.1. The SMILES string of the molecule is O[C@@]1(COc2ccc(Cl)cc2)COCCN(C2CCCCC2)C1. The molecular weight excluding hydrogens is 314 g/mol. The minimum atomic E-state index is -0.965. The van der Waals surface area contributed by atoms with Crippen molar-refractivity contribution in [3.05, 3.63) is 29.3 Å². The summed E-state index contributed by atoms with van der Waals surface area (Å²) >= 11 is 5.88. The van der Waals surface area contributed by atoms with Crippen molar-refractivity contribution in [2.24, 2.45) is 0 Å². The highest BCUT2D eigenvalue weighted by molar-refractivity contribution is 6.30. The summed E-state index contributed by atoms with van der Waals surface area (Å²) in [5.41, 5.74) is -0.965. The van der Waals surface area contributed by atoms with Crippen LogP contribution in [0.25, 0.3) is 0 Å². The Kier molecular flexibility index (Phi) is 5.81. The van der Waals surface area contributed by atoms with Crippen molar-refractivity contribution in [1.82, 2.24) is 4.90 Å². The van der Waals surface area contributed by atoms with Gasteiger partial charge in [0.05, 0.1) is 13.2 Å². The fourth-order valence-corrected chi connectivity index (χ4v) is 3.67. The molecule has 1 heterocycles. The summed E-state index contributed by atoms with van der Waals surface area (Å²) in [7, 11) is 0. The lowest BCUT2D eigenvalue weighted by atomic mass is 9.93. The van der Waals surface area contributed by atoms with Gasteiger partial charge in [-0.3, -0.25) is 4.90 Å². The second-order valence-corrected chi connectivity index (χ2v) is 7.22. The molecule has 3 rings (SSSR count). The Morgan fingerprint density at radius 2 is 1.96 bits per heavy atom. The van der Waals surface area contributed by atoms with Crippen molar-refractivity contribution < 1.29 is 14.6 Å². The van der Waals surface area contributed by atoms with Crippen LogP contribution < -0.4 is 4.74 Å². The number of halogens is 1. The van der Waals surface area contributed by atoms with Crippen molar-refractivity contribution in [1.29, 1.82) is 0 Å². The average Bonchev–Trinajstić information content (AvgIpc) is 2.78. The number of hydrogen-bond acceptors (Lipinski definition) is 4. The van der Waals surface area contributed by atoms with E-state index in [1.165, 1.54) is 32.1 Å². The van der Waals surface area contributed by atoms with Gasteiger partial charge in [-0.25, -0.2) is 0 Å². The normalized spacial score (nSPS) is 27.6. The lowest BCUT2D eigenvalue weighted by Gasteiger charge is -2.37. The topological polar surface area (TPSA) is 41.9 Å². The van der Waals surface area contributed by atoms with Crippen LogP contribution >= 0.6 is 11.6 Å². The fraction of sp³-hybridized carbons (Fsp3) is 0.667. The molecule has 1 saturated carbocycles. The molecule has 1 aliphatic heterocycles. The van der Waals surface area contributed by atoms with Gasteiger partial charge in [0.25, 0.3) is 0 Å². The van der Waals surface area contributed by atoms with Gasteiger partial charge in [-0.05, 0) is 37.1 Å². The predicted molar refractivity (Wildman–Crippen MR) is 91.2 cm³/mol. The molecule has 23 heavy (non-hydrogen) atoms. The molecule has 1 aliphatic carbocycles. The third-order valence-electron chi connectivity index (χ3n) is 4.80. The first kappa shape index (κ1) is 17.0. The Labute approximate surface area is 143 Å². The number of β-amino-alcohol motifs (C(OH)–C–C–N with tert-alkyl or cyclic N) is 1. The highest BCUT2D eigenvalue weighted by Crippen LogP contribution is 2.26. The molecular formula is C18H26ClNO3. The van der Waals surface area contributed by atoms with Gasteiger partial charge >= 0.3 is 0 Å². The molecule has 128 valence electrons. The zero-order valence-corrected chi connectivity index (χ0v) is 14.3. The predicted octanol–water partition coefficient (Wildman–Crippen LogP) is 3.11. The molecule has 0 bridgehead atoms. The summed E-state index contributed by atoms with van der Waals surface area (Å²) < 4.78 is 11.4. The molecule has 0 amide bonds. The quantitative estimate of drug-likeness (QED) is 0.915.